The first-order valence-electron chi connectivity index (χ1n) is 8.54. The topological polar surface area (TPSA) is 110 Å². The molecule has 2 aliphatic rings. The Morgan fingerprint density at radius 3 is 2.50 bits per heavy atom. The van der Waals surface area contributed by atoms with Crippen molar-refractivity contribution in [1.82, 2.24) is 0 Å². The summed E-state index contributed by atoms with van der Waals surface area (Å²) in [5.41, 5.74) is 8.93. The highest BCUT2D eigenvalue weighted by Gasteiger charge is 2.49. The molecule has 2 unspecified atom stereocenters. The second kappa shape index (κ2) is 5.76. The Hall–Kier alpha value is -3.02. The molecule has 6 nitrogen and oxygen atoms in total. The highest BCUT2D eigenvalue weighted by Crippen LogP contribution is 2.57. The normalized spacial score (nSPS) is 24.0. The molecule has 1 fully saturated rings. The molecule has 26 heavy (non-hydrogen) atoms. The third-order valence-electron chi connectivity index (χ3n) is 5.43. The lowest BCUT2D eigenvalue weighted by molar-refractivity contribution is -0.141. The highest BCUT2D eigenvalue weighted by molar-refractivity contribution is 5.79. The van der Waals surface area contributed by atoms with E-state index in [-0.39, 0.29) is 5.92 Å². The van der Waals surface area contributed by atoms with Crippen molar-refractivity contribution in [1.29, 1.82) is 0 Å². The van der Waals surface area contributed by atoms with E-state index in [1.54, 1.807) is 19.1 Å². The van der Waals surface area contributed by atoms with Gasteiger partial charge in [0.2, 0.25) is 0 Å². The molecule has 0 spiro atoms. The monoisotopic (exact) mass is 353 g/mol. The van der Waals surface area contributed by atoms with Gasteiger partial charge in [-0.25, -0.2) is 0 Å². The fraction of sp³-hybridized carbons (Fsp3) is 0.300. The molecule has 0 radical (unpaired) electrons. The first-order chi connectivity index (χ1) is 12.4. The van der Waals surface area contributed by atoms with Crippen LogP contribution in [-0.2, 0) is 9.59 Å². The minimum atomic E-state index is -0.920. The maximum Gasteiger partial charge on any atom is 0.307 e. The molecule has 4 rings (SSSR count). The van der Waals surface area contributed by atoms with Gasteiger partial charge < -0.3 is 20.7 Å². The number of benzene rings is 2. The van der Waals surface area contributed by atoms with Gasteiger partial charge in [-0.1, -0.05) is 25.1 Å². The molecule has 0 bridgehead atoms. The van der Waals surface area contributed by atoms with E-state index < -0.39 is 29.7 Å². The molecule has 4 N–H and O–H groups in total. The standard InChI is InChI=1S/C20H19NO5/c1-9(19(22)23)16-10-4-2-3-5-14(10)26-15-7-6-13(21)17(18(15)16)11-8-12(11)20(24)25/h2-7,9,11-12,16H,8,21H2,1H3,(H,22,23)(H,24,25)/t9?,11-,12-,16?/m1/s1. The molecule has 1 heterocycles. The van der Waals surface area contributed by atoms with Crippen molar-refractivity contribution in [2.45, 2.75) is 25.2 Å². The Bertz CT molecular complexity index is 922. The number of hydrogen-bond acceptors (Lipinski definition) is 4. The number of nitrogen functional groups attached to an aromatic ring is 1. The van der Waals surface area contributed by atoms with Crippen LogP contribution in [0.5, 0.6) is 11.5 Å². The lowest BCUT2D eigenvalue weighted by atomic mass is 9.76. The number of fused-ring (bicyclic) bond motifs is 2. The van der Waals surface area contributed by atoms with Crippen LogP contribution >= 0.6 is 0 Å². The van der Waals surface area contributed by atoms with Gasteiger partial charge in [0, 0.05) is 28.7 Å². The number of carboxylic acids is 2. The number of anilines is 1. The van der Waals surface area contributed by atoms with E-state index in [9.17, 15) is 19.8 Å². The molecule has 4 atom stereocenters. The van der Waals surface area contributed by atoms with E-state index in [4.69, 9.17) is 10.5 Å². The summed E-state index contributed by atoms with van der Waals surface area (Å²) < 4.78 is 6.01. The number of ether oxygens (including phenoxy) is 1. The van der Waals surface area contributed by atoms with Crippen molar-refractivity contribution < 1.29 is 24.5 Å². The summed E-state index contributed by atoms with van der Waals surface area (Å²) in [6.45, 7) is 1.66. The van der Waals surface area contributed by atoms with Crippen LogP contribution in [0.2, 0.25) is 0 Å². The molecule has 2 aromatic carbocycles. The highest BCUT2D eigenvalue weighted by atomic mass is 16.5. The summed E-state index contributed by atoms with van der Waals surface area (Å²) in [7, 11) is 0. The van der Waals surface area contributed by atoms with Crippen LogP contribution in [0, 0.1) is 11.8 Å². The van der Waals surface area contributed by atoms with Gasteiger partial charge >= 0.3 is 11.9 Å². The molecule has 6 heteroatoms. The minimum absolute atomic E-state index is 0.209. The number of carboxylic acid groups (broad SMARTS) is 2. The van der Waals surface area contributed by atoms with Gasteiger partial charge in [-0.05, 0) is 30.2 Å². The Morgan fingerprint density at radius 2 is 1.85 bits per heavy atom. The summed E-state index contributed by atoms with van der Waals surface area (Å²) in [6.07, 6.45) is 0.506. The number of nitrogens with two attached hydrogens (primary N) is 1. The summed E-state index contributed by atoms with van der Waals surface area (Å²) in [6, 6.07) is 10.8. The minimum Gasteiger partial charge on any atom is -0.481 e. The van der Waals surface area contributed by atoms with E-state index in [2.05, 4.69) is 0 Å². The zero-order valence-electron chi connectivity index (χ0n) is 14.2. The Morgan fingerprint density at radius 1 is 1.12 bits per heavy atom. The van der Waals surface area contributed by atoms with Gasteiger partial charge in [0.15, 0.2) is 0 Å². The van der Waals surface area contributed by atoms with Gasteiger partial charge in [0.1, 0.15) is 11.5 Å². The second-order valence-electron chi connectivity index (χ2n) is 7.01. The molecule has 2 aromatic rings. The van der Waals surface area contributed by atoms with Crippen molar-refractivity contribution >= 4 is 17.6 Å². The fourth-order valence-electron chi connectivity index (χ4n) is 4.01. The maximum atomic E-state index is 11.8. The van der Waals surface area contributed by atoms with Crippen molar-refractivity contribution in [3.8, 4) is 11.5 Å². The van der Waals surface area contributed by atoms with E-state index in [1.807, 2.05) is 24.3 Å². The SMILES string of the molecule is CC(C(=O)O)C1c2ccccc2Oc2ccc(N)c([C@@H]3C[C@H]3C(=O)O)c21. The van der Waals surface area contributed by atoms with E-state index in [0.717, 1.165) is 11.1 Å². The zero-order chi connectivity index (χ0) is 18.6. The summed E-state index contributed by atoms with van der Waals surface area (Å²) in [5.74, 6) is -2.44. The molecule has 1 aliphatic heterocycles. The van der Waals surface area contributed by atoms with Gasteiger partial charge in [0.05, 0.1) is 11.8 Å². The maximum absolute atomic E-state index is 11.8. The summed E-state index contributed by atoms with van der Waals surface area (Å²) >= 11 is 0. The first-order valence-corrected chi connectivity index (χ1v) is 8.54. The Labute approximate surface area is 150 Å². The van der Waals surface area contributed by atoms with Crippen LogP contribution in [0.25, 0.3) is 0 Å². The molecule has 1 aliphatic carbocycles. The van der Waals surface area contributed by atoms with E-state index in [1.165, 1.54) is 0 Å². The van der Waals surface area contributed by atoms with E-state index in [0.29, 0.717) is 29.2 Å². The zero-order valence-corrected chi connectivity index (χ0v) is 14.2. The number of para-hydroxylation sites is 1. The lowest BCUT2D eigenvalue weighted by Gasteiger charge is -2.33. The molecule has 1 saturated carbocycles. The molecule has 0 saturated heterocycles. The molecular weight excluding hydrogens is 334 g/mol. The average Bonchev–Trinajstić information content (AvgIpc) is 3.39. The quantitative estimate of drug-likeness (QED) is 0.727. The third-order valence-corrected chi connectivity index (χ3v) is 5.43. The largest absolute Gasteiger partial charge is 0.481 e. The van der Waals surface area contributed by atoms with Crippen molar-refractivity contribution in [2.24, 2.45) is 11.8 Å². The fourth-order valence-corrected chi connectivity index (χ4v) is 4.01. The van der Waals surface area contributed by atoms with Crippen molar-refractivity contribution in [3.05, 3.63) is 53.1 Å². The van der Waals surface area contributed by atoms with Gasteiger partial charge in [0.25, 0.3) is 0 Å². The van der Waals surface area contributed by atoms with Crippen molar-refractivity contribution in [2.75, 3.05) is 5.73 Å². The number of aliphatic carboxylic acids is 2. The van der Waals surface area contributed by atoms with Crippen molar-refractivity contribution in [3.63, 3.8) is 0 Å². The predicted octanol–water partition coefficient (Wildman–Crippen LogP) is 3.42. The van der Waals surface area contributed by atoms with Gasteiger partial charge in [-0.15, -0.1) is 0 Å². The van der Waals surface area contributed by atoms with Crippen LogP contribution < -0.4 is 10.5 Å². The van der Waals surface area contributed by atoms with Crippen LogP contribution in [0.15, 0.2) is 36.4 Å². The number of rotatable bonds is 4. The van der Waals surface area contributed by atoms with Crippen LogP contribution in [-0.4, -0.2) is 22.2 Å². The third kappa shape index (κ3) is 2.41. The van der Waals surface area contributed by atoms with E-state index >= 15 is 0 Å². The molecular formula is C20H19NO5. The molecule has 134 valence electrons. The van der Waals surface area contributed by atoms with Crippen LogP contribution in [0.3, 0.4) is 0 Å². The molecule has 0 aromatic heterocycles. The lowest BCUT2D eigenvalue weighted by Crippen LogP contribution is -2.25. The van der Waals surface area contributed by atoms with Gasteiger partial charge in [-0.3, -0.25) is 9.59 Å². The summed E-state index contributed by atoms with van der Waals surface area (Å²) in [5, 5.41) is 19.0. The van der Waals surface area contributed by atoms with Gasteiger partial charge in [-0.2, -0.15) is 0 Å². The molecule has 0 amide bonds. The number of carbonyl (C=O) groups is 2. The van der Waals surface area contributed by atoms with Crippen LogP contribution in [0.1, 0.15) is 41.9 Å². The first kappa shape index (κ1) is 16.4. The Kier molecular flexibility index (Phi) is 3.64. The summed E-state index contributed by atoms with van der Waals surface area (Å²) in [4.78, 5) is 23.2. The predicted molar refractivity (Wildman–Crippen MR) is 94.5 cm³/mol. The second-order valence-corrected chi connectivity index (χ2v) is 7.01. The Balaban J connectivity index is 1.93. The average molecular weight is 353 g/mol. The number of hydrogen-bond donors (Lipinski definition) is 3. The van der Waals surface area contributed by atoms with Crippen LogP contribution in [0.4, 0.5) is 5.69 Å². The smallest absolute Gasteiger partial charge is 0.307 e.